The molecular formula is C6H10N2O2. The Hall–Kier alpha value is -1.03. The average Bonchev–Trinajstić information content (AvgIpc) is 2.30. The number of aryl methyl sites for hydroxylation is 1. The van der Waals surface area contributed by atoms with Crippen molar-refractivity contribution in [3.8, 4) is 0 Å². The molecule has 0 aromatic carbocycles. The van der Waals surface area contributed by atoms with Crippen molar-refractivity contribution in [3.63, 3.8) is 0 Å². The zero-order valence-corrected chi connectivity index (χ0v) is 6.01. The average molecular weight is 142 g/mol. The van der Waals surface area contributed by atoms with E-state index in [0.29, 0.717) is 17.5 Å². The van der Waals surface area contributed by atoms with Crippen LogP contribution in [0.5, 0.6) is 0 Å². The number of anilines is 1. The Labute approximate surface area is 58.9 Å². The van der Waals surface area contributed by atoms with Crippen LogP contribution < -0.4 is 5.32 Å². The normalized spacial score (nSPS) is 9.90. The molecule has 1 aromatic heterocycles. The van der Waals surface area contributed by atoms with Crippen LogP contribution in [0, 0.1) is 6.92 Å². The van der Waals surface area contributed by atoms with E-state index in [-0.39, 0.29) is 6.61 Å². The van der Waals surface area contributed by atoms with Gasteiger partial charge in [0.25, 0.3) is 6.01 Å². The van der Waals surface area contributed by atoms with Gasteiger partial charge in [-0.2, -0.15) is 4.98 Å². The largest absolute Gasteiger partial charge is 0.429 e. The molecule has 0 unspecified atom stereocenters. The van der Waals surface area contributed by atoms with Gasteiger partial charge in [0.15, 0.2) is 0 Å². The van der Waals surface area contributed by atoms with E-state index >= 15 is 0 Å². The summed E-state index contributed by atoms with van der Waals surface area (Å²) in [7, 11) is 1.71. The Kier molecular flexibility index (Phi) is 1.91. The van der Waals surface area contributed by atoms with Crippen LogP contribution in [-0.4, -0.2) is 17.1 Å². The molecule has 56 valence electrons. The van der Waals surface area contributed by atoms with Crippen molar-refractivity contribution in [1.29, 1.82) is 0 Å². The van der Waals surface area contributed by atoms with Crippen LogP contribution in [0.3, 0.4) is 0 Å². The molecule has 0 aliphatic heterocycles. The van der Waals surface area contributed by atoms with Gasteiger partial charge in [0.05, 0.1) is 6.61 Å². The molecule has 0 fully saturated rings. The summed E-state index contributed by atoms with van der Waals surface area (Å²) in [5, 5.41) is 11.4. The van der Waals surface area contributed by atoms with Gasteiger partial charge in [0, 0.05) is 7.05 Å². The molecular weight excluding hydrogens is 132 g/mol. The number of hydrogen-bond acceptors (Lipinski definition) is 4. The molecule has 0 aliphatic rings. The summed E-state index contributed by atoms with van der Waals surface area (Å²) in [6, 6.07) is 0.446. The smallest absolute Gasteiger partial charge is 0.294 e. The molecule has 0 radical (unpaired) electrons. The summed E-state index contributed by atoms with van der Waals surface area (Å²) in [5.74, 6) is 0.659. The highest BCUT2D eigenvalue weighted by Crippen LogP contribution is 2.12. The predicted molar refractivity (Wildman–Crippen MR) is 36.7 cm³/mol. The van der Waals surface area contributed by atoms with Crippen molar-refractivity contribution in [1.82, 2.24) is 4.98 Å². The molecule has 1 rings (SSSR count). The van der Waals surface area contributed by atoms with Crippen molar-refractivity contribution in [2.75, 3.05) is 12.4 Å². The Morgan fingerprint density at radius 2 is 2.40 bits per heavy atom. The monoisotopic (exact) mass is 142 g/mol. The van der Waals surface area contributed by atoms with Crippen LogP contribution in [0.2, 0.25) is 0 Å². The minimum atomic E-state index is -0.0724. The van der Waals surface area contributed by atoms with Gasteiger partial charge in [-0.25, -0.2) is 0 Å². The first-order chi connectivity index (χ1) is 4.77. The SMILES string of the molecule is CNc1nc(CO)c(C)o1. The summed E-state index contributed by atoms with van der Waals surface area (Å²) in [6.07, 6.45) is 0. The van der Waals surface area contributed by atoms with Crippen molar-refractivity contribution in [2.24, 2.45) is 0 Å². The Morgan fingerprint density at radius 1 is 1.70 bits per heavy atom. The summed E-state index contributed by atoms with van der Waals surface area (Å²) < 4.78 is 5.07. The number of aromatic nitrogens is 1. The van der Waals surface area contributed by atoms with Gasteiger partial charge in [-0.05, 0) is 6.92 Å². The van der Waals surface area contributed by atoms with Crippen LogP contribution >= 0.6 is 0 Å². The van der Waals surface area contributed by atoms with Crippen LogP contribution in [0.15, 0.2) is 4.42 Å². The predicted octanol–water partition coefficient (Wildman–Crippen LogP) is 0.517. The molecule has 0 atom stereocenters. The van der Waals surface area contributed by atoms with Crippen molar-refractivity contribution < 1.29 is 9.52 Å². The van der Waals surface area contributed by atoms with Gasteiger partial charge in [-0.15, -0.1) is 0 Å². The third kappa shape index (κ3) is 1.11. The Morgan fingerprint density at radius 3 is 2.70 bits per heavy atom. The molecule has 1 heterocycles. The molecule has 0 amide bonds. The maximum Gasteiger partial charge on any atom is 0.294 e. The highest BCUT2D eigenvalue weighted by Gasteiger charge is 2.05. The lowest BCUT2D eigenvalue weighted by molar-refractivity contribution is 0.275. The first kappa shape index (κ1) is 7.08. The quantitative estimate of drug-likeness (QED) is 0.632. The third-order valence-corrected chi connectivity index (χ3v) is 1.26. The molecule has 0 saturated heterocycles. The van der Waals surface area contributed by atoms with Crippen LogP contribution in [0.25, 0.3) is 0 Å². The molecule has 1 aromatic rings. The molecule has 0 saturated carbocycles. The number of aliphatic hydroxyl groups is 1. The zero-order valence-electron chi connectivity index (χ0n) is 6.01. The lowest BCUT2D eigenvalue weighted by atomic mass is 10.4. The highest BCUT2D eigenvalue weighted by atomic mass is 16.4. The molecule has 0 bridgehead atoms. The molecule has 0 aliphatic carbocycles. The maximum atomic E-state index is 8.68. The van der Waals surface area contributed by atoms with E-state index in [2.05, 4.69) is 10.3 Å². The van der Waals surface area contributed by atoms with E-state index < -0.39 is 0 Å². The highest BCUT2D eigenvalue weighted by molar-refractivity contribution is 5.23. The van der Waals surface area contributed by atoms with Crippen molar-refractivity contribution >= 4 is 6.01 Å². The third-order valence-electron chi connectivity index (χ3n) is 1.26. The fraction of sp³-hybridized carbons (Fsp3) is 0.500. The minimum absolute atomic E-state index is 0.0724. The first-order valence-electron chi connectivity index (χ1n) is 3.03. The number of nitrogens with zero attached hydrogens (tertiary/aromatic N) is 1. The van der Waals surface area contributed by atoms with Gasteiger partial charge in [-0.3, -0.25) is 0 Å². The number of oxazole rings is 1. The second-order valence-electron chi connectivity index (χ2n) is 1.93. The van der Waals surface area contributed by atoms with E-state index in [1.54, 1.807) is 14.0 Å². The molecule has 0 spiro atoms. The number of nitrogens with one attached hydrogen (secondary N) is 1. The molecule has 4 heteroatoms. The molecule has 4 nitrogen and oxygen atoms in total. The topological polar surface area (TPSA) is 58.3 Å². The number of aliphatic hydroxyl groups excluding tert-OH is 1. The second-order valence-corrected chi connectivity index (χ2v) is 1.93. The van der Waals surface area contributed by atoms with Gasteiger partial charge < -0.3 is 14.8 Å². The maximum absolute atomic E-state index is 8.68. The van der Waals surface area contributed by atoms with Gasteiger partial charge in [-0.1, -0.05) is 0 Å². The van der Waals surface area contributed by atoms with Gasteiger partial charge >= 0.3 is 0 Å². The number of hydrogen-bond donors (Lipinski definition) is 2. The van der Waals surface area contributed by atoms with E-state index in [4.69, 9.17) is 9.52 Å². The zero-order chi connectivity index (χ0) is 7.56. The molecule has 10 heavy (non-hydrogen) atoms. The Bertz CT molecular complexity index is 220. The summed E-state index contributed by atoms with van der Waals surface area (Å²) in [6.45, 7) is 1.69. The Balaban J connectivity index is 2.92. The minimum Gasteiger partial charge on any atom is -0.429 e. The summed E-state index contributed by atoms with van der Waals surface area (Å²) in [5.41, 5.74) is 0.587. The number of rotatable bonds is 2. The second kappa shape index (κ2) is 2.70. The standard InChI is InChI=1S/C6H10N2O2/c1-4-5(3-9)8-6(7-2)10-4/h9H,3H2,1-2H3,(H,7,8). The van der Waals surface area contributed by atoms with E-state index in [1.165, 1.54) is 0 Å². The van der Waals surface area contributed by atoms with E-state index in [9.17, 15) is 0 Å². The van der Waals surface area contributed by atoms with E-state index in [0.717, 1.165) is 0 Å². The van der Waals surface area contributed by atoms with E-state index in [1.807, 2.05) is 0 Å². The van der Waals surface area contributed by atoms with Gasteiger partial charge in [0.1, 0.15) is 11.5 Å². The summed E-state index contributed by atoms with van der Waals surface area (Å²) >= 11 is 0. The summed E-state index contributed by atoms with van der Waals surface area (Å²) in [4.78, 5) is 3.92. The lowest BCUT2D eigenvalue weighted by Gasteiger charge is -1.85. The van der Waals surface area contributed by atoms with Gasteiger partial charge in [0.2, 0.25) is 0 Å². The van der Waals surface area contributed by atoms with Crippen molar-refractivity contribution in [2.45, 2.75) is 13.5 Å². The van der Waals surface area contributed by atoms with Crippen molar-refractivity contribution in [3.05, 3.63) is 11.5 Å². The molecule has 2 N–H and O–H groups in total. The van der Waals surface area contributed by atoms with Crippen LogP contribution in [-0.2, 0) is 6.61 Å². The van der Waals surface area contributed by atoms with Crippen LogP contribution in [0.1, 0.15) is 11.5 Å². The van der Waals surface area contributed by atoms with Crippen LogP contribution in [0.4, 0.5) is 6.01 Å². The fourth-order valence-corrected chi connectivity index (χ4v) is 0.682. The fourth-order valence-electron chi connectivity index (χ4n) is 0.682. The first-order valence-corrected chi connectivity index (χ1v) is 3.03. The lowest BCUT2D eigenvalue weighted by Crippen LogP contribution is -1.88.